The number of carbonyl (C=O) groups is 1. The number of nitrogens with one attached hydrogen (secondary N) is 1. The molecule has 1 amide bonds. The Hall–Kier alpha value is -2.73. The fourth-order valence-corrected chi connectivity index (χ4v) is 3.04. The average Bonchev–Trinajstić information content (AvgIpc) is 3.53. The number of ether oxygens (including phenoxy) is 3. The zero-order chi connectivity index (χ0) is 19.2. The van der Waals surface area contributed by atoms with Crippen LogP contribution in [0.1, 0.15) is 18.4 Å². The second kappa shape index (κ2) is 8.77. The van der Waals surface area contributed by atoms with Gasteiger partial charge < -0.3 is 19.5 Å². The smallest absolute Gasteiger partial charge is 0.238 e. The summed E-state index contributed by atoms with van der Waals surface area (Å²) in [4.78, 5) is 14.7. The molecule has 1 aliphatic rings. The Morgan fingerprint density at radius 2 is 1.67 bits per heavy atom. The minimum atomic E-state index is -0.0334. The number of amides is 1. The molecule has 0 aliphatic heterocycles. The van der Waals surface area contributed by atoms with Crippen LogP contribution in [0.2, 0.25) is 0 Å². The van der Waals surface area contributed by atoms with E-state index in [1.54, 1.807) is 21.3 Å². The van der Waals surface area contributed by atoms with E-state index >= 15 is 0 Å². The normalized spacial score (nSPS) is 13.3. The van der Waals surface area contributed by atoms with Gasteiger partial charge in [-0.1, -0.05) is 0 Å². The van der Waals surface area contributed by atoms with Crippen molar-refractivity contribution in [1.29, 1.82) is 0 Å². The molecule has 6 nitrogen and oxygen atoms in total. The van der Waals surface area contributed by atoms with Crippen LogP contribution in [-0.4, -0.2) is 44.7 Å². The maximum Gasteiger partial charge on any atom is 0.238 e. The third kappa shape index (κ3) is 5.14. The van der Waals surface area contributed by atoms with Gasteiger partial charge in [-0.2, -0.15) is 0 Å². The summed E-state index contributed by atoms with van der Waals surface area (Å²) >= 11 is 0. The lowest BCUT2D eigenvalue weighted by Gasteiger charge is -2.23. The van der Waals surface area contributed by atoms with Crippen LogP contribution in [0.15, 0.2) is 42.5 Å². The fraction of sp³-hybridized carbons (Fsp3) is 0.381. The van der Waals surface area contributed by atoms with Gasteiger partial charge in [0.05, 0.1) is 27.9 Å². The number of nitrogens with zero attached hydrogens (tertiary/aromatic N) is 1. The second-order valence-electron chi connectivity index (χ2n) is 6.59. The molecule has 0 bridgehead atoms. The predicted molar refractivity (Wildman–Crippen MR) is 105 cm³/mol. The maximum absolute atomic E-state index is 12.5. The summed E-state index contributed by atoms with van der Waals surface area (Å²) in [5.74, 6) is 2.31. The molecule has 0 radical (unpaired) electrons. The van der Waals surface area contributed by atoms with E-state index in [-0.39, 0.29) is 5.91 Å². The van der Waals surface area contributed by atoms with Gasteiger partial charge in [0.15, 0.2) is 0 Å². The van der Waals surface area contributed by atoms with Crippen molar-refractivity contribution < 1.29 is 19.0 Å². The van der Waals surface area contributed by atoms with Crippen molar-refractivity contribution in [2.45, 2.75) is 25.4 Å². The van der Waals surface area contributed by atoms with Gasteiger partial charge in [-0.25, -0.2) is 0 Å². The third-order valence-corrected chi connectivity index (χ3v) is 4.64. The molecule has 0 spiro atoms. The average molecular weight is 370 g/mol. The zero-order valence-electron chi connectivity index (χ0n) is 16.0. The summed E-state index contributed by atoms with van der Waals surface area (Å²) in [7, 11) is 4.92. The van der Waals surface area contributed by atoms with Gasteiger partial charge >= 0.3 is 0 Å². The number of anilines is 1. The van der Waals surface area contributed by atoms with Crippen molar-refractivity contribution in [3.05, 3.63) is 48.0 Å². The van der Waals surface area contributed by atoms with Crippen LogP contribution in [0.4, 0.5) is 5.69 Å². The monoisotopic (exact) mass is 370 g/mol. The molecule has 0 aromatic heterocycles. The van der Waals surface area contributed by atoms with Crippen LogP contribution < -0.4 is 19.5 Å². The number of carbonyl (C=O) groups excluding carboxylic acids is 1. The second-order valence-corrected chi connectivity index (χ2v) is 6.59. The number of hydrogen-bond donors (Lipinski definition) is 1. The minimum absolute atomic E-state index is 0.0334. The summed E-state index contributed by atoms with van der Waals surface area (Å²) in [6.07, 6.45) is 2.23. The molecule has 27 heavy (non-hydrogen) atoms. The summed E-state index contributed by atoms with van der Waals surface area (Å²) in [5.41, 5.74) is 1.77. The molecule has 0 unspecified atom stereocenters. The van der Waals surface area contributed by atoms with E-state index in [0.717, 1.165) is 41.3 Å². The van der Waals surface area contributed by atoms with Crippen molar-refractivity contribution in [1.82, 2.24) is 4.90 Å². The molecule has 1 saturated carbocycles. The van der Waals surface area contributed by atoms with Crippen molar-refractivity contribution in [2.75, 3.05) is 33.2 Å². The van der Waals surface area contributed by atoms with Crippen LogP contribution in [-0.2, 0) is 11.3 Å². The Morgan fingerprint density at radius 1 is 1.00 bits per heavy atom. The van der Waals surface area contributed by atoms with Gasteiger partial charge in [0.25, 0.3) is 0 Å². The van der Waals surface area contributed by atoms with Gasteiger partial charge in [0.1, 0.15) is 17.2 Å². The third-order valence-electron chi connectivity index (χ3n) is 4.64. The number of benzene rings is 2. The first-order valence-corrected chi connectivity index (χ1v) is 9.01. The molecule has 3 rings (SSSR count). The molecule has 1 aliphatic carbocycles. The Labute approximate surface area is 160 Å². The SMILES string of the molecule is COc1ccc(NC(=O)CN(Cc2cc(OC)ccc2OC)C2CC2)cc1. The van der Waals surface area contributed by atoms with Crippen LogP contribution in [0.25, 0.3) is 0 Å². The van der Waals surface area contributed by atoms with Gasteiger partial charge in [-0.3, -0.25) is 9.69 Å². The van der Waals surface area contributed by atoms with E-state index in [2.05, 4.69) is 10.2 Å². The molecule has 144 valence electrons. The first-order chi connectivity index (χ1) is 13.1. The van der Waals surface area contributed by atoms with Crippen molar-refractivity contribution in [3.63, 3.8) is 0 Å². The molecule has 2 aromatic carbocycles. The summed E-state index contributed by atoms with van der Waals surface area (Å²) in [6.45, 7) is 0.970. The number of hydrogen-bond acceptors (Lipinski definition) is 5. The fourth-order valence-electron chi connectivity index (χ4n) is 3.04. The molecule has 0 saturated heterocycles. The largest absolute Gasteiger partial charge is 0.497 e. The highest BCUT2D eigenvalue weighted by Gasteiger charge is 2.31. The van der Waals surface area contributed by atoms with Gasteiger partial charge in [-0.15, -0.1) is 0 Å². The number of rotatable bonds is 9. The molecule has 0 atom stereocenters. The summed E-state index contributed by atoms with van der Waals surface area (Å²) in [6, 6.07) is 13.5. The first-order valence-electron chi connectivity index (χ1n) is 9.01. The van der Waals surface area contributed by atoms with Crippen LogP contribution >= 0.6 is 0 Å². The summed E-state index contributed by atoms with van der Waals surface area (Å²) in [5, 5.41) is 2.95. The van der Waals surface area contributed by atoms with E-state index in [1.165, 1.54) is 0 Å². The van der Waals surface area contributed by atoms with Crippen molar-refractivity contribution in [2.24, 2.45) is 0 Å². The molecule has 6 heteroatoms. The van der Waals surface area contributed by atoms with Gasteiger partial charge in [0.2, 0.25) is 5.91 Å². The van der Waals surface area contributed by atoms with E-state index in [1.807, 2.05) is 42.5 Å². The Kier molecular flexibility index (Phi) is 6.19. The van der Waals surface area contributed by atoms with Gasteiger partial charge in [0, 0.05) is 23.8 Å². The molecule has 0 heterocycles. The predicted octanol–water partition coefficient (Wildman–Crippen LogP) is 3.32. The quantitative estimate of drug-likeness (QED) is 0.734. The molecule has 2 aromatic rings. The molecular formula is C21H26N2O4. The molecule has 1 N–H and O–H groups in total. The lowest BCUT2D eigenvalue weighted by atomic mass is 10.1. The lowest BCUT2D eigenvalue weighted by Crippen LogP contribution is -2.34. The Morgan fingerprint density at radius 3 is 2.26 bits per heavy atom. The van der Waals surface area contributed by atoms with E-state index < -0.39 is 0 Å². The Bertz CT molecular complexity index is 772. The minimum Gasteiger partial charge on any atom is -0.497 e. The number of methoxy groups -OCH3 is 3. The first kappa shape index (κ1) is 19.0. The highest BCUT2D eigenvalue weighted by Crippen LogP contribution is 2.31. The van der Waals surface area contributed by atoms with Crippen LogP contribution in [0.3, 0.4) is 0 Å². The standard InChI is InChI=1S/C21H26N2O4/c1-25-18-8-4-16(5-9-18)22-21(24)14-23(17-6-7-17)13-15-12-19(26-2)10-11-20(15)27-3/h4-5,8-12,17H,6-7,13-14H2,1-3H3,(H,22,24). The van der Waals surface area contributed by atoms with E-state index in [0.29, 0.717) is 19.1 Å². The topological polar surface area (TPSA) is 60.0 Å². The van der Waals surface area contributed by atoms with Crippen LogP contribution in [0.5, 0.6) is 17.2 Å². The zero-order valence-corrected chi connectivity index (χ0v) is 16.0. The maximum atomic E-state index is 12.5. The van der Waals surface area contributed by atoms with Crippen molar-refractivity contribution >= 4 is 11.6 Å². The summed E-state index contributed by atoms with van der Waals surface area (Å²) < 4.78 is 15.9. The lowest BCUT2D eigenvalue weighted by molar-refractivity contribution is -0.117. The van der Waals surface area contributed by atoms with Crippen molar-refractivity contribution in [3.8, 4) is 17.2 Å². The highest BCUT2D eigenvalue weighted by molar-refractivity contribution is 5.92. The highest BCUT2D eigenvalue weighted by atomic mass is 16.5. The van der Waals surface area contributed by atoms with Crippen LogP contribution in [0, 0.1) is 0 Å². The van der Waals surface area contributed by atoms with Gasteiger partial charge in [-0.05, 0) is 55.3 Å². The Balaban J connectivity index is 1.66. The molecular weight excluding hydrogens is 344 g/mol. The molecule has 1 fully saturated rings. The van der Waals surface area contributed by atoms with E-state index in [4.69, 9.17) is 14.2 Å². The van der Waals surface area contributed by atoms with E-state index in [9.17, 15) is 4.79 Å².